The molecule has 22 heavy (non-hydrogen) atoms. The van der Waals surface area contributed by atoms with Gasteiger partial charge in [-0.2, -0.15) is 0 Å². The van der Waals surface area contributed by atoms with Gasteiger partial charge in [0.2, 0.25) is 0 Å². The molecule has 2 unspecified atom stereocenters. The summed E-state index contributed by atoms with van der Waals surface area (Å²) in [7, 11) is 0. The molecule has 0 aliphatic heterocycles. The van der Waals surface area contributed by atoms with Crippen molar-refractivity contribution >= 4 is 0 Å². The molecule has 130 valence electrons. The minimum Gasteiger partial charge on any atom is -0.0991 e. The standard InChI is InChI=1S/C22H42/c1-7-12-20(4)14-8-9-15-21(5)17-11-18-22(6)16-10-13-19(2)3/h7,12,19,21-22H,1,8-11,13-18H2,2-6H3. The first-order valence-corrected chi connectivity index (χ1v) is 9.73. The highest BCUT2D eigenvalue weighted by atomic mass is 14.1. The second-order valence-corrected chi connectivity index (χ2v) is 7.96. The van der Waals surface area contributed by atoms with Crippen LogP contribution in [0, 0.1) is 17.8 Å². The topological polar surface area (TPSA) is 0 Å². The number of hydrogen-bond acceptors (Lipinski definition) is 0. The molecule has 0 spiro atoms. The smallest absolute Gasteiger partial charge is 0.0320 e. The average molecular weight is 307 g/mol. The zero-order valence-corrected chi connectivity index (χ0v) is 16.2. The van der Waals surface area contributed by atoms with Crippen LogP contribution in [0.2, 0.25) is 0 Å². The molecule has 0 aromatic carbocycles. The Morgan fingerprint density at radius 2 is 1.27 bits per heavy atom. The van der Waals surface area contributed by atoms with E-state index >= 15 is 0 Å². The van der Waals surface area contributed by atoms with Gasteiger partial charge in [-0.1, -0.05) is 103 Å². The van der Waals surface area contributed by atoms with Gasteiger partial charge in [0.25, 0.3) is 0 Å². The number of rotatable bonds is 14. The van der Waals surface area contributed by atoms with E-state index in [1.54, 1.807) is 0 Å². The Hall–Kier alpha value is -0.520. The third kappa shape index (κ3) is 14.4. The van der Waals surface area contributed by atoms with Gasteiger partial charge in [-0.05, 0) is 37.5 Å². The fourth-order valence-electron chi connectivity index (χ4n) is 3.16. The lowest BCUT2D eigenvalue weighted by molar-refractivity contribution is 0.387. The molecule has 0 heterocycles. The van der Waals surface area contributed by atoms with Gasteiger partial charge in [0, 0.05) is 0 Å². The molecule has 0 rings (SSSR count). The zero-order valence-electron chi connectivity index (χ0n) is 16.2. The summed E-state index contributed by atoms with van der Waals surface area (Å²) >= 11 is 0. The summed E-state index contributed by atoms with van der Waals surface area (Å²) in [5.41, 5.74) is 1.47. The van der Waals surface area contributed by atoms with Gasteiger partial charge >= 0.3 is 0 Å². The number of hydrogen-bond donors (Lipinski definition) is 0. The Kier molecular flexibility index (Phi) is 13.8. The Bertz CT molecular complexity index is 284. The third-order valence-electron chi connectivity index (χ3n) is 4.79. The van der Waals surface area contributed by atoms with Crippen LogP contribution in [-0.2, 0) is 0 Å². The van der Waals surface area contributed by atoms with Crippen LogP contribution in [0.25, 0.3) is 0 Å². The van der Waals surface area contributed by atoms with Gasteiger partial charge in [-0.15, -0.1) is 0 Å². The van der Waals surface area contributed by atoms with Crippen molar-refractivity contribution in [3.63, 3.8) is 0 Å². The van der Waals surface area contributed by atoms with E-state index in [9.17, 15) is 0 Å². The molecule has 0 heteroatoms. The van der Waals surface area contributed by atoms with Crippen LogP contribution in [0.15, 0.2) is 24.3 Å². The summed E-state index contributed by atoms with van der Waals surface area (Å²) in [4.78, 5) is 0. The molecule has 0 N–H and O–H groups in total. The average Bonchev–Trinajstić information content (AvgIpc) is 2.43. The molecule has 0 aliphatic carbocycles. The van der Waals surface area contributed by atoms with E-state index in [0.29, 0.717) is 0 Å². The van der Waals surface area contributed by atoms with Gasteiger partial charge in [-0.25, -0.2) is 0 Å². The van der Waals surface area contributed by atoms with Crippen LogP contribution >= 0.6 is 0 Å². The summed E-state index contributed by atoms with van der Waals surface area (Å²) in [5, 5.41) is 0. The first-order valence-electron chi connectivity index (χ1n) is 9.73. The maximum atomic E-state index is 3.76. The highest BCUT2D eigenvalue weighted by Gasteiger charge is 2.06. The van der Waals surface area contributed by atoms with Crippen molar-refractivity contribution < 1.29 is 0 Å². The van der Waals surface area contributed by atoms with Crippen molar-refractivity contribution in [1.82, 2.24) is 0 Å². The SMILES string of the molecule is C=CC=C(C)CCCCC(C)CCCC(C)CCCC(C)C. The summed E-state index contributed by atoms with van der Waals surface area (Å²) in [5.74, 6) is 2.71. The molecule has 2 atom stereocenters. The molecule has 0 aromatic heterocycles. The first-order chi connectivity index (χ1) is 10.5. The monoisotopic (exact) mass is 306 g/mol. The van der Waals surface area contributed by atoms with Crippen LogP contribution < -0.4 is 0 Å². The van der Waals surface area contributed by atoms with Crippen molar-refractivity contribution in [2.75, 3.05) is 0 Å². The maximum Gasteiger partial charge on any atom is -0.0320 e. The van der Waals surface area contributed by atoms with Crippen molar-refractivity contribution in [3.8, 4) is 0 Å². The van der Waals surface area contributed by atoms with Crippen molar-refractivity contribution in [1.29, 1.82) is 0 Å². The molecule has 0 radical (unpaired) electrons. The summed E-state index contributed by atoms with van der Waals surface area (Å²) in [6, 6.07) is 0. The second kappa shape index (κ2) is 14.1. The molecular weight excluding hydrogens is 264 g/mol. The quantitative estimate of drug-likeness (QED) is 0.225. The summed E-state index contributed by atoms with van der Waals surface area (Å²) < 4.78 is 0. The van der Waals surface area contributed by atoms with Crippen LogP contribution in [0.3, 0.4) is 0 Å². The van der Waals surface area contributed by atoms with E-state index < -0.39 is 0 Å². The lowest BCUT2D eigenvalue weighted by atomic mass is 9.91. The number of unbranched alkanes of at least 4 members (excludes halogenated alkanes) is 1. The molecule has 0 fully saturated rings. The molecule has 0 aliphatic rings. The molecule has 0 aromatic rings. The zero-order chi connectivity index (χ0) is 16.8. The van der Waals surface area contributed by atoms with E-state index in [0.717, 1.165) is 17.8 Å². The minimum atomic E-state index is 0.872. The second-order valence-electron chi connectivity index (χ2n) is 7.96. The predicted molar refractivity (Wildman–Crippen MR) is 103 cm³/mol. The van der Waals surface area contributed by atoms with Crippen LogP contribution in [0.5, 0.6) is 0 Å². The Labute approximate surface area is 141 Å². The molecule has 0 nitrogen and oxygen atoms in total. The van der Waals surface area contributed by atoms with Crippen molar-refractivity contribution in [3.05, 3.63) is 24.3 Å². The van der Waals surface area contributed by atoms with Gasteiger partial charge in [0.15, 0.2) is 0 Å². The van der Waals surface area contributed by atoms with E-state index in [2.05, 4.69) is 47.3 Å². The third-order valence-corrected chi connectivity index (χ3v) is 4.79. The lowest BCUT2D eigenvalue weighted by Gasteiger charge is -2.15. The van der Waals surface area contributed by atoms with Crippen LogP contribution in [-0.4, -0.2) is 0 Å². The Morgan fingerprint density at radius 3 is 1.77 bits per heavy atom. The minimum absolute atomic E-state index is 0.872. The summed E-state index contributed by atoms with van der Waals surface area (Å²) in [6.07, 6.45) is 18.0. The first kappa shape index (κ1) is 21.5. The predicted octanol–water partition coefficient (Wildman–Crippen LogP) is 7.95. The molecular formula is C22H42. The van der Waals surface area contributed by atoms with Crippen LogP contribution in [0.1, 0.15) is 98.8 Å². The molecule has 0 saturated heterocycles. The number of allylic oxidation sites excluding steroid dienone is 3. The van der Waals surface area contributed by atoms with Gasteiger partial charge in [-0.3, -0.25) is 0 Å². The Balaban J connectivity index is 3.50. The Morgan fingerprint density at radius 1 is 0.773 bits per heavy atom. The largest absolute Gasteiger partial charge is 0.0991 e. The lowest BCUT2D eigenvalue weighted by Crippen LogP contribution is -2.00. The highest BCUT2D eigenvalue weighted by Crippen LogP contribution is 2.21. The van der Waals surface area contributed by atoms with Gasteiger partial charge < -0.3 is 0 Å². The highest BCUT2D eigenvalue weighted by molar-refractivity contribution is 5.07. The summed E-state index contributed by atoms with van der Waals surface area (Å²) in [6.45, 7) is 15.5. The van der Waals surface area contributed by atoms with Gasteiger partial charge in [0.1, 0.15) is 0 Å². The fraction of sp³-hybridized carbons (Fsp3) is 0.818. The van der Waals surface area contributed by atoms with Crippen molar-refractivity contribution in [2.24, 2.45) is 17.8 Å². The van der Waals surface area contributed by atoms with Crippen molar-refractivity contribution in [2.45, 2.75) is 98.8 Å². The fourth-order valence-corrected chi connectivity index (χ4v) is 3.16. The van der Waals surface area contributed by atoms with Gasteiger partial charge in [0.05, 0.1) is 0 Å². The molecule has 0 saturated carbocycles. The van der Waals surface area contributed by atoms with E-state index in [4.69, 9.17) is 0 Å². The molecule has 0 bridgehead atoms. The van der Waals surface area contributed by atoms with E-state index in [1.165, 1.54) is 69.8 Å². The van der Waals surface area contributed by atoms with E-state index in [1.807, 2.05) is 6.08 Å². The van der Waals surface area contributed by atoms with Crippen LogP contribution in [0.4, 0.5) is 0 Å². The van der Waals surface area contributed by atoms with E-state index in [-0.39, 0.29) is 0 Å². The maximum absolute atomic E-state index is 3.76. The normalized spacial score (nSPS) is 15.1. The molecule has 0 amide bonds.